The van der Waals surface area contributed by atoms with Gasteiger partial charge in [-0.2, -0.15) is 0 Å². The Bertz CT molecular complexity index is 353. The second kappa shape index (κ2) is 4.61. The van der Waals surface area contributed by atoms with Crippen molar-refractivity contribution in [2.45, 2.75) is 19.8 Å². The molecular formula is C12H14O2. The van der Waals surface area contributed by atoms with Gasteiger partial charge in [-0.15, -0.1) is 0 Å². The Labute approximate surface area is 83.9 Å². The molecule has 0 aliphatic heterocycles. The molecule has 0 aliphatic carbocycles. The van der Waals surface area contributed by atoms with Crippen LogP contribution in [-0.2, 0) is 0 Å². The molecule has 0 saturated carbocycles. The van der Waals surface area contributed by atoms with Crippen molar-refractivity contribution in [3.05, 3.63) is 35.9 Å². The van der Waals surface area contributed by atoms with E-state index in [1.54, 1.807) is 18.2 Å². The van der Waals surface area contributed by atoms with Gasteiger partial charge < -0.3 is 5.11 Å². The van der Waals surface area contributed by atoms with Crippen molar-refractivity contribution in [3.63, 3.8) is 0 Å². The van der Waals surface area contributed by atoms with Crippen LogP contribution in [0.1, 0.15) is 35.7 Å². The average molecular weight is 190 g/mol. The van der Waals surface area contributed by atoms with Crippen molar-refractivity contribution >= 4 is 11.9 Å². The smallest absolute Gasteiger partial charge is 0.167 e. The van der Waals surface area contributed by atoms with Crippen molar-refractivity contribution < 1.29 is 9.90 Å². The van der Waals surface area contributed by atoms with Crippen molar-refractivity contribution in [2.75, 3.05) is 0 Å². The van der Waals surface area contributed by atoms with Gasteiger partial charge in [0.15, 0.2) is 5.78 Å². The summed E-state index contributed by atoms with van der Waals surface area (Å²) in [6, 6.07) is 5.00. The summed E-state index contributed by atoms with van der Waals surface area (Å²) in [5.74, 6) is 0.0151. The molecule has 0 fully saturated rings. The van der Waals surface area contributed by atoms with E-state index in [4.69, 9.17) is 0 Å². The summed E-state index contributed by atoms with van der Waals surface area (Å²) in [5.41, 5.74) is 1.09. The molecule has 0 spiro atoms. The predicted molar refractivity (Wildman–Crippen MR) is 57.4 cm³/mol. The number of benzene rings is 1. The maximum atomic E-state index is 11.6. The monoisotopic (exact) mass is 190 g/mol. The van der Waals surface area contributed by atoms with Crippen LogP contribution < -0.4 is 0 Å². The molecule has 2 nitrogen and oxygen atoms in total. The average Bonchev–Trinajstić information content (AvgIpc) is 2.17. The van der Waals surface area contributed by atoms with Crippen LogP contribution in [0.15, 0.2) is 24.8 Å². The van der Waals surface area contributed by atoms with E-state index in [0.717, 1.165) is 6.42 Å². The number of aromatic hydroxyl groups is 1. The summed E-state index contributed by atoms with van der Waals surface area (Å²) in [6.07, 6.45) is 2.82. The van der Waals surface area contributed by atoms with E-state index in [9.17, 15) is 9.90 Å². The molecule has 1 rings (SSSR count). The van der Waals surface area contributed by atoms with Gasteiger partial charge in [0, 0.05) is 6.42 Å². The fourth-order valence-electron chi connectivity index (χ4n) is 1.38. The maximum Gasteiger partial charge on any atom is 0.167 e. The minimum Gasteiger partial charge on any atom is -0.507 e. The first-order chi connectivity index (χ1) is 6.70. The van der Waals surface area contributed by atoms with E-state index in [-0.39, 0.29) is 11.5 Å². The van der Waals surface area contributed by atoms with Gasteiger partial charge in [0.1, 0.15) is 5.75 Å². The Balaban J connectivity index is 3.16. The molecular weight excluding hydrogens is 176 g/mol. The molecule has 1 N–H and O–H groups in total. The predicted octanol–water partition coefficient (Wildman–Crippen LogP) is 3.02. The number of phenols is 1. The Kier molecular flexibility index (Phi) is 3.46. The lowest BCUT2D eigenvalue weighted by molar-refractivity contribution is 0.0979. The van der Waals surface area contributed by atoms with Gasteiger partial charge in [-0.05, 0) is 18.1 Å². The van der Waals surface area contributed by atoms with Crippen LogP contribution in [0.3, 0.4) is 0 Å². The highest BCUT2D eigenvalue weighted by atomic mass is 16.3. The highest BCUT2D eigenvalue weighted by molar-refractivity contribution is 6.01. The van der Waals surface area contributed by atoms with Gasteiger partial charge >= 0.3 is 0 Å². The second-order valence-corrected chi connectivity index (χ2v) is 3.12. The third-order valence-corrected chi connectivity index (χ3v) is 2.05. The van der Waals surface area contributed by atoms with E-state index < -0.39 is 0 Å². The first-order valence-corrected chi connectivity index (χ1v) is 4.68. The summed E-state index contributed by atoms with van der Waals surface area (Å²) >= 11 is 0. The molecule has 0 aromatic heterocycles. The number of ketones is 1. The molecule has 14 heavy (non-hydrogen) atoms. The van der Waals surface area contributed by atoms with Crippen molar-refractivity contribution in [3.8, 4) is 5.75 Å². The molecule has 1 aromatic carbocycles. The highest BCUT2D eigenvalue weighted by Crippen LogP contribution is 2.23. The highest BCUT2D eigenvalue weighted by Gasteiger charge is 2.12. The summed E-state index contributed by atoms with van der Waals surface area (Å²) in [6.45, 7) is 5.55. The molecule has 2 heteroatoms. The van der Waals surface area contributed by atoms with Crippen molar-refractivity contribution in [1.82, 2.24) is 0 Å². The first kappa shape index (κ1) is 10.5. The topological polar surface area (TPSA) is 37.3 Å². The zero-order chi connectivity index (χ0) is 10.6. The largest absolute Gasteiger partial charge is 0.507 e. The molecule has 0 aliphatic rings. The zero-order valence-electron chi connectivity index (χ0n) is 8.29. The molecule has 0 radical (unpaired) electrons. The van der Waals surface area contributed by atoms with Crippen LogP contribution in [0.2, 0.25) is 0 Å². The lowest BCUT2D eigenvalue weighted by atomic mass is 10.00. The summed E-state index contributed by atoms with van der Waals surface area (Å²) in [7, 11) is 0. The van der Waals surface area contributed by atoms with E-state index in [0.29, 0.717) is 17.5 Å². The molecule has 0 amide bonds. The molecule has 0 atom stereocenters. The van der Waals surface area contributed by atoms with E-state index in [1.807, 2.05) is 6.92 Å². The Hall–Kier alpha value is -1.57. The number of rotatable bonds is 4. The minimum absolute atomic E-state index is 0.0273. The number of carbonyl (C=O) groups excluding carboxylic acids is 1. The molecule has 0 saturated heterocycles. The van der Waals surface area contributed by atoms with Gasteiger partial charge in [0.25, 0.3) is 0 Å². The van der Waals surface area contributed by atoms with Crippen LogP contribution in [-0.4, -0.2) is 10.9 Å². The number of hydrogen-bond donors (Lipinski definition) is 1. The van der Waals surface area contributed by atoms with Gasteiger partial charge in [-0.25, -0.2) is 0 Å². The van der Waals surface area contributed by atoms with Crippen LogP contribution in [0.4, 0.5) is 0 Å². The third kappa shape index (κ3) is 2.02. The first-order valence-electron chi connectivity index (χ1n) is 4.68. The van der Waals surface area contributed by atoms with E-state index >= 15 is 0 Å². The lowest BCUT2D eigenvalue weighted by Gasteiger charge is -2.06. The molecule has 0 bridgehead atoms. The molecule has 0 unspecified atom stereocenters. The Morgan fingerprint density at radius 3 is 2.86 bits per heavy atom. The van der Waals surface area contributed by atoms with Gasteiger partial charge in [-0.3, -0.25) is 4.79 Å². The van der Waals surface area contributed by atoms with Gasteiger partial charge in [-0.1, -0.05) is 31.7 Å². The maximum absolute atomic E-state index is 11.6. The van der Waals surface area contributed by atoms with Crippen LogP contribution in [0.25, 0.3) is 6.08 Å². The molecule has 0 heterocycles. The fraction of sp³-hybridized carbons (Fsp3) is 0.250. The summed E-state index contributed by atoms with van der Waals surface area (Å²) in [5, 5.41) is 9.55. The SMILES string of the molecule is C=Cc1cccc(O)c1C(=O)CCC. The van der Waals surface area contributed by atoms with E-state index in [1.165, 1.54) is 6.07 Å². The number of hydrogen-bond acceptors (Lipinski definition) is 2. The van der Waals surface area contributed by atoms with Crippen molar-refractivity contribution in [2.24, 2.45) is 0 Å². The van der Waals surface area contributed by atoms with Crippen molar-refractivity contribution in [1.29, 1.82) is 0 Å². The van der Waals surface area contributed by atoms with Crippen LogP contribution in [0, 0.1) is 0 Å². The molecule has 1 aromatic rings. The second-order valence-electron chi connectivity index (χ2n) is 3.12. The number of carbonyl (C=O) groups is 1. The minimum atomic E-state index is -0.0273. The normalized spacial score (nSPS) is 9.79. The summed E-state index contributed by atoms with van der Waals surface area (Å²) < 4.78 is 0. The van der Waals surface area contributed by atoms with E-state index in [2.05, 4.69) is 6.58 Å². The quantitative estimate of drug-likeness (QED) is 0.741. The summed E-state index contributed by atoms with van der Waals surface area (Å²) in [4.78, 5) is 11.6. The van der Waals surface area contributed by atoms with Crippen LogP contribution >= 0.6 is 0 Å². The standard InChI is InChI=1S/C12H14O2/c1-3-6-10(13)12-9(4-2)7-5-8-11(12)14/h4-5,7-8,14H,2-3,6H2,1H3. The number of phenolic OH excluding ortho intramolecular Hbond substituents is 1. The van der Waals surface area contributed by atoms with Gasteiger partial charge in [0.2, 0.25) is 0 Å². The Morgan fingerprint density at radius 2 is 2.29 bits per heavy atom. The third-order valence-electron chi connectivity index (χ3n) is 2.05. The Morgan fingerprint density at radius 1 is 1.57 bits per heavy atom. The zero-order valence-corrected chi connectivity index (χ0v) is 8.29. The lowest BCUT2D eigenvalue weighted by Crippen LogP contribution is -2.01. The van der Waals surface area contributed by atoms with Gasteiger partial charge in [0.05, 0.1) is 5.56 Å². The number of Topliss-reactive ketones (excluding diaryl/α,β-unsaturated/α-hetero) is 1. The molecule has 74 valence electrons. The fourth-order valence-corrected chi connectivity index (χ4v) is 1.38. The van der Waals surface area contributed by atoms with Crippen LogP contribution in [0.5, 0.6) is 5.75 Å².